The highest BCUT2D eigenvalue weighted by Crippen LogP contribution is 2.32. The van der Waals surface area contributed by atoms with Crippen LogP contribution in [0.4, 0.5) is 0 Å². The molecule has 0 spiro atoms. The number of ether oxygens (including phenoxy) is 3. The summed E-state index contributed by atoms with van der Waals surface area (Å²) in [7, 11) is 2.42. The lowest BCUT2D eigenvalue weighted by molar-refractivity contribution is -0.138. The summed E-state index contributed by atoms with van der Waals surface area (Å²) in [5.74, 6) is -2.06. The molecule has 124 valence electrons. The number of phenols is 1. The van der Waals surface area contributed by atoms with Gasteiger partial charge in [0.1, 0.15) is 5.56 Å². The molecule has 0 unspecified atom stereocenters. The fraction of sp³-hybridized carbons (Fsp3) is 0.111. The maximum Gasteiger partial charge on any atom is 0.373 e. The van der Waals surface area contributed by atoms with Gasteiger partial charge in [-0.1, -0.05) is 36.4 Å². The minimum Gasteiger partial charge on any atom is -0.504 e. The summed E-state index contributed by atoms with van der Waals surface area (Å²) in [6.45, 7) is 0. The minimum atomic E-state index is -0.721. The van der Waals surface area contributed by atoms with E-state index in [0.29, 0.717) is 5.56 Å². The van der Waals surface area contributed by atoms with E-state index in [2.05, 4.69) is 4.74 Å². The molecule has 2 aromatic carbocycles. The lowest BCUT2D eigenvalue weighted by Gasteiger charge is -2.11. The Morgan fingerprint density at radius 3 is 2.29 bits per heavy atom. The maximum absolute atomic E-state index is 11.9. The van der Waals surface area contributed by atoms with Crippen LogP contribution in [0.5, 0.6) is 11.5 Å². The van der Waals surface area contributed by atoms with Gasteiger partial charge in [-0.2, -0.15) is 0 Å². The second kappa shape index (κ2) is 7.82. The Kier molecular flexibility index (Phi) is 5.57. The second-order valence-corrected chi connectivity index (χ2v) is 4.66. The zero-order valence-corrected chi connectivity index (χ0v) is 13.2. The van der Waals surface area contributed by atoms with Gasteiger partial charge in [0, 0.05) is 0 Å². The number of carbonyl (C=O) groups is 2. The highest BCUT2D eigenvalue weighted by Gasteiger charge is 2.19. The topological polar surface area (TPSA) is 82.1 Å². The van der Waals surface area contributed by atoms with Crippen molar-refractivity contribution in [3.05, 3.63) is 65.4 Å². The molecule has 0 radical (unpaired) electrons. The lowest BCUT2D eigenvalue weighted by Crippen LogP contribution is -2.11. The van der Waals surface area contributed by atoms with Crippen LogP contribution in [-0.2, 0) is 14.3 Å². The number of hydrogen-bond donors (Lipinski definition) is 1. The van der Waals surface area contributed by atoms with Gasteiger partial charge in [-0.05, 0) is 23.8 Å². The van der Waals surface area contributed by atoms with Crippen LogP contribution in [0.2, 0.25) is 0 Å². The monoisotopic (exact) mass is 328 g/mol. The Morgan fingerprint density at radius 1 is 0.958 bits per heavy atom. The highest BCUT2D eigenvalue weighted by molar-refractivity contribution is 5.94. The molecular formula is C18H16O6. The zero-order chi connectivity index (χ0) is 17.5. The molecule has 2 rings (SSSR count). The zero-order valence-electron chi connectivity index (χ0n) is 13.2. The van der Waals surface area contributed by atoms with Gasteiger partial charge in [0.2, 0.25) is 5.76 Å². The summed E-state index contributed by atoms with van der Waals surface area (Å²) >= 11 is 0. The van der Waals surface area contributed by atoms with Crippen LogP contribution >= 0.6 is 0 Å². The quantitative estimate of drug-likeness (QED) is 0.516. The first-order valence-electron chi connectivity index (χ1n) is 7.00. The molecule has 0 aliphatic heterocycles. The van der Waals surface area contributed by atoms with Crippen LogP contribution in [-0.4, -0.2) is 31.3 Å². The number of carbonyl (C=O) groups excluding carboxylic acids is 2. The van der Waals surface area contributed by atoms with Crippen molar-refractivity contribution in [2.45, 2.75) is 0 Å². The summed E-state index contributed by atoms with van der Waals surface area (Å²) < 4.78 is 14.7. The van der Waals surface area contributed by atoms with Crippen molar-refractivity contribution >= 4 is 18.0 Å². The first-order valence-corrected chi connectivity index (χ1v) is 7.00. The van der Waals surface area contributed by atoms with Crippen LogP contribution in [0.15, 0.2) is 54.3 Å². The molecule has 24 heavy (non-hydrogen) atoms. The molecule has 0 aromatic heterocycles. The number of aromatic hydroxyl groups is 1. The van der Waals surface area contributed by atoms with Gasteiger partial charge in [0.05, 0.1) is 14.2 Å². The van der Waals surface area contributed by atoms with Gasteiger partial charge in [-0.15, -0.1) is 0 Å². The van der Waals surface area contributed by atoms with Crippen molar-refractivity contribution in [3.63, 3.8) is 0 Å². The number of hydrogen-bond acceptors (Lipinski definition) is 6. The van der Waals surface area contributed by atoms with Gasteiger partial charge in [-0.25, -0.2) is 9.59 Å². The van der Waals surface area contributed by atoms with Crippen molar-refractivity contribution in [2.24, 2.45) is 0 Å². The standard InChI is InChI=1S/C18H16O6/c1-22-17(20)13-9-6-10-14(16(13)19)24-15(18(21)23-2)11-12-7-4-3-5-8-12/h3-11,19H,1-2H3/b15-11+. The Balaban J connectivity index is 2.39. The van der Waals surface area contributed by atoms with Gasteiger partial charge in [0.25, 0.3) is 0 Å². The third-order valence-electron chi connectivity index (χ3n) is 3.11. The molecule has 0 amide bonds. The first-order chi connectivity index (χ1) is 11.6. The fourth-order valence-corrected chi connectivity index (χ4v) is 1.93. The Hall–Kier alpha value is -3.28. The average Bonchev–Trinajstić information content (AvgIpc) is 2.62. The van der Waals surface area contributed by atoms with E-state index in [1.165, 1.54) is 38.5 Å². The van der Waals surface area contributed by atoms with Gasteiger partial charge in [-0.3, -0.25) is 0 Å². The molecule has 2 aromatic rings. The van der Waals surface area contributed by atoms with E-state index in [0.717, 1.165) is 0 Å². The molecule has 0 atom stereocenters. The molecule has 6 nitrogen and oxygen atoms in total. The largest absolute Gasteiger partial charge is 0.504 e. The summed E-state index contributed by atoms with van der Waals surface area (Å²) in [5, 5.41) is 10.2. The molecule has 0 aliphatic carbocycles. The van der Waals surface area contributed by atoms with Crippen molar-refractivity contribution in [1.82, 2.24) is 0 Å². The van der Waals surface area contributed by atoms with Gasteiger partial charge in [0.15, 0.2) is 11.5 Å². The summed E-state index contributed by atoms with van der Waals surface area (Å²) in [5.41, 5.74) is 0.639. The molecule has 0 bridgehead atoms. The SMILES string of the molecule is COC(=O)/C(=C\c1ccccc1)Oc1cccc(C(=O)OC)c1O. The van der Waals surface area contributed by atoms with E-state index < -0.39 is 17.7 Å². The molecule has 0 saturated carbocycles. The van der Waals surface area contributed by atoms with E-state index >= 15 is 0 Å². The summed E-state index contributed by atoms with van der Waals surface area (Å²) in [6.07, 6.45) is 1.47. The molecule has 0 heterocycles. The molecule has 6 heteroatoms. The molecule has 0 fully saturated rings. The van der Waals surface area contributed by atoms with Crippen LogP contribution in [0.25, 0.3) is 6.08 Å². The van der Waals surface area contributed by atoms with E-state index in [1.807, 2.05) is 6.07 Å². The molecule has 0 aliphatic rings. The first kappa shape index (κ1) is 17.1. The van der Waals surface area contributed by atoms with Crippen molar-refractivity contribution in [1.29, 1.82) is 0 Å². The Labute approximate surface area is 138 Å². The van der Waals surface area contributed by atoms with Crippen LogP contribution in [0.1, 0.15) is 15.9 Å². The average molecular weight is 328 g/mol. The fourth-order valence-electron chi connectivity index (χ4n) is 1.93. The lowest BCUT2D eigenvalue weighted by atomic mass is 10.2. The van der Waals surface area contributed by atoms with E-state index in [1.54, 1.807) is 24.3 Å². The van der Waals surface area contributed by atoms with E-state index in [4.69, 9.17) is 9.47 Å². The second-order valence-electron chi connectivity index (χ2n) is 4.66. The van der Waals surface area contributed by atoms with Gasteiger partial charge >= 0.3 is 11.9 Å². The number of rotatable bonds is 5. The minimum absolute atomic E-state index is 0.0644. The summed E-state index contributed by atoms with van der Waals surface area (Å²) in [4.78, 5) is 23.5. The van der Waals surface area contributed by atoms with Crippen molar-refractivity contribution in [2.75, 3.05) is 14.2 Å². The number of esters is 2. The van der Waals surface area contributed by atoms with Crippen LogP contribution in [0, 0.1) is 0 Å². The number of phenolic OH excluding ortho intramolecular Hbond substituents is 1. The number of benzene rings is 2. The Morgan fingerprint density at radius 2 is 1.67 bits per heavy atom. The van der Waals surface area contributed by atoms with Crippen molar-refractivity contribution in [3.8, 4) is 11.5 Å². The Bertz CT molecular complexity index is 764. The predicted molar refractivity (Wildman–Crippen MR) is 86.5 cm³/mol. The summed E-state index contributed by atoms with van der Waals surface area (Å²) in [6, 6.07) is 13.3. The third-order valence-corrected chi connectivity index (χ3v) is 3.11. The predicted octanol–water partition coefficient (Wildman–Crippen LogP) is 2.77. The van der Waals surface area contributed by atoms with E-state index in [-0.39, 0.29) is 17.1 Å². The van der Waals surface area contributed by atoms with Gasteiger partial charge < -0.3 is 19.3 Å². The smallest absolute Gasteiger partial charge is 0.373 e. The van der Waals surface area contributed by atoms with Crippen LogP contribution in [0.3, 0.4) is 0 Å². The third kappa shape index (κ3) is 3.92. The molecule has 1 N–H and O–H groups in total. The molecular weight excluding hydrogens is 312 g/mol. The molecule has 0 saturated heterocycles. The van der Waals surface area contributed by atoms with E-state index in [9.17, 15) is 14.7 Å². The number of para-hydroxylation sites is 1. The normalized spacial score (nSPS) is 10.8. The van der Waals surface area contributed by atoms with Crippen molar-refractivity contribution < 1.29 is 28.9 Å². The maximum atomic E-state index is 11.9. The number of methoxy groups -OCH3 is 2. The van der Waals surface area contributed by atoms with Crippen LogP contribution < -0.4 is 4.74 Å². The highest BCUT2D eigenvalue weighted by atomic mass is 16.6.